The molecule has 1 saturated heterocycles. The summed E-state index contributed by atoms with van der Waals surface area (Å²) in [5.41, 5.74) is 0.771. The molecule has 0 bridgehead atoms. The maximum atomic E-state index is 14.5. The van der Waals surface area contributed by atoms with Crippen molar-refractivity contribution in [2.45, 2.75) is 149 Å². The molecule has 5 amide bonds. The SMILES string of the molecule is CC[C@H](C)[C@@H]([C@@H](CC(=O)N1CCC[C@H]1[C@H](OC)[C@@H](C)C(=O)N[C@@H](Cc1ccccc1)C(=O)O)OC)N(C)C(=O)[C@@H](NC(=O)[C@H](C(C)C)N(C)C(=O)CCCCCON)C(C)C. The minimum absolute atomic E-state index is 0.0604. The number of aliphatic carboxylic acids is 1. The molecule has 1 aliphatic heterocycles. The largest absolute Gasteiger partial charge is 0.480 e. The molecule has 61 heavy (non-hydrogen) atoms. The van der Waals surface area contributed by atoms with Crippen LogP contribution in [0, 0.1) is 23.7 Å². The molecule has 0 spiro atoms. The van der Waals surface area contributed by atoms with Gasteiger partial charge in [-0.2, -0.15) is 0 Å². The number of nitrogens with zero attached hydrogens (tertiary/aromatic N) is 3. The topological polar surface area (TPSA) is 210 Å². The lowest BCUT2D eigenvalue weighted by molar-refractivity contribution is -0.149. The van der Waals surface area contributed by atoms with E-state index in [0.29, 0.717) is 38.8 Å². The predicted molar refractivity (Wildman–Crippen MR) is 233 cm³/mol. The van der Waals surface area contributed by atoms with E-state index in [-0.39, 0.29) is 54.7 Å². The maximum absolute atomic E-state index is 14.5. The van der Waals surface area contributed by atoms with Crippen LogP contribution >= 0.6 is 0 Å². The zero-order chi connectivity index (χ0) is 46.0. The Labute approximate surface area is 363 Å². The van der Waals surface area contributed by atoms with Crippen LogP contribution in [0.25, 0.3) is 0 Å². The van der Waals surface area contributed by atoms with E-state index in [2.05, 4.69) is 15.5 Å². The van der Waals surface area contributed by atoms with E-state index in [4.69, 9.17) is 15.4 Å². The summed E-state index contributed by atoms with van der Waals surface area (Å²) in [6, 6.07) is 5.17. The Morgan fingerprint density at radius 3 is 2.08 bits per heavy atom. The number of carboxylic acid groups (broad SMARTS) is 1. The molecule has 16 heteroatoms. The van der Waals surface area contributed by atoms with Gasteiger partial charge in [-0.1, -0.05) is 91.6 Å². The van der Waals surface area contributed by atoms with Crippen LogP contribution in [0.2, 0.25) is 0 Å². The molecule has 2 rings (SSSR count). The van der Waals surface area contributed by atoms with Gasteiger partial charge in [0.1, 0.15) is 18.1 Å². The first-order chi connectivity index (χ1) is 28.9. The average molecular weight is 861 g/mol. The number of carboxylic acids is 1. The number of hydrogen-bond acceptors (Lipinski definition) is 10. The number of unbranched alkanes of at least 4 members (excludes halogenated alkanes) is 2. The van der Waals surface area contributed by atoms with Crippen LogP contribution in [0.3, 0.4) is 0 Å². The van der Waals surface area contributed by atoms with Gasteiger partial charge >= 0.3 is 5.97 Å². The van der Waals surface area contributed by atoms with Crippen molar-refractivity contribution >= 4 is 35.5 Å². The zero-order valence-electron chi connectivity index (χ0n) is 38.6. The van der Waals surface area contributed by atoms with Gasteiger partial charge in [-0.25, -0.2) is 10.7 Å². The first-order valence-corrected chi connectivity index (χ1v) is 21.9. The highest BCUT2D eigenvalue weighted by atomic mass is 16.6. The van der Waals surface area contributed by atoms with E-state index in [0.717, 1.165) is 18.4 Å². The van der Waals surface area contributed by atoms with Gasteiger partial charge in [0.25, 0.3) is 0 Å². The molecule has 0 radical (unpaired) electrons. The summed E-state index contributed by atoms with van der Waals surface area (Å²) in [6.45, 7) is 13.9. The van der Waals surface area contributed by atoms with Gasteiger partial charge in [0.15, 0.2) is 0 Å². The fraction of sp³-hybridized carbons (Fsp3) is 0.733. The second kappa shape index (κ2) is 26.4. The zero-order valence-corrected chi connectivity index (χ0v) is 38.6. The molecule has 346 valence electrons. The fourth-order valence-corrected chi connectivity index (χ4v) is 8.53. The normalized spacial score (nSPS) is 18.1. The van der Waals surface area contributed by atoms with E-state index in [9.17, 15) is 33.9 Å². The van der Waals surface area contributed by atoms with E-state index >= 15 is 0 Å². The minimum atomic E-state index is -1.15. The number of likely N-dealkylation sites (tertiary alicyclic amines) is 1. The van der Waals surface area contributed by atoms with Crippen molar-refractivity contribution in [3.05, 3.63) is 35.9 Å². The molecule has 16 nitrogen and oxygen atoms in total. The number of ether oxygens (including phenoxy) is 2. The summed E-state index contributed by atoms with van der Waals surface area (Å²) >= 11 is 0. The summed E-state index contributed by atoms with van der Waals surface area (Å²) in [7, 11) is 6.28. The molecule has 1 aliphatic rings. The molecule has 1 aromatic carbocycles. The van der Waals surface area contributed by atoms with E-state index in [1.807, 2.05) is 59.7 Å². The molecule has 1 aromatic rings. The van der Waals surface area contributed by atoms with Crippen LogP contribution in [0.15, 0.2) is 30.3 Å². The second-order valence-corrected chi connectivity index (χ2v) is 17.3. The smallest absolute Gasteiger partial charge is 0.326 e. The molecule has 9 atom stereocenters. The van der Waals surface area contributed by atoms with Gasteiger partial charge in [-0.3, -0.25) is 24.0 Å². The quantitative estimate of drug-likeness (QED) is 0.0739. The summed E-state index contributed by atoms with van der Waals surface area (Å²) in [6.07, 6.45) is 2.92. The standard InChI is InChI=1S/C45H76N6O10/c1-12-30(6)40(50(9)44(56)38(28(2)3)48-43(55)39(29(4)5)49(8)36(52)23-17-14-18-25-61-46)35(59-10)27-37(53)51-24-19-22-34(51)41(60-11)31(7)42(54)47-33(45(57)58)26-32-20-15-13-16-21-32/h13,15-16,20-21,28-31,33-35,38-41H,12,14,17-19,22-27,46H2,1-11H3,(H,47,54)(H,48,55)(H,57,58)/t30-,31+,33-,34-,35+,38-,39-,40-,41+/m0/s1. The van der Waals surface area contributed by atoms with Crippen LogP contribution in [-0.2, 0) is 49.5 Å². The predicted octanol–water partition coefficient (Wildman–Crippen LogP) is 3.79. The number of nitrogens with one attached hydrogen (secondary N) is 2. The number of amides is 5. The number of carbonyl (C=O) groups excluding carboxylic acids is 5. The van der Waals surface area contributed by atoms with Gasteiger partial charge in [-0.05, 0) is 49.0 Å². The minimum Gasteiger partial charge on any atom is -0.480 e. The van der Waals surface area contributed by atoms with Crippen LogP contribution in [0.4, 0.5) is 0 Å². The molecule has 0 saturated carbocycles. The molecule has 5 N–H and O–H groups in total. The third-order valence-electron chi connectivity index (χ3n) is 12.2. The fourth-order valence-electron chi connectivity index (χ4n) is 8.53. The highest BCUT2D eigenvalue weighted by molar-refractivity contribution is 5.92. The van der Waals surface area contributed by atoms with Crippen molar-refractivity contribution < 1.29 is 48.2 Å². The monoisotopic (exact) mass is 861 g/mol. The van der Waals surface area contributed by atoms with Crippen molar-refractivity contribution in [2.24, 2.45) is 29.6 Å². The summed E-state index contributed by atoms with van der Waals surface area (Å²) < 4.78 is 11.9. The number of hydrogen-bond donors (Lipinski definition) is 4. The lowest BCUT2D eigenvalue weighted by Crippen LogP contribution is -2.60. The van der Waals surface area contributed by atoms with Crippen LogP contribution in [0.5, 0.6) is 0 Å². The van der Waals surface area contributed by atoms with Crippen LogP contribution < -0.4 is 16.5 Å². The Hall–Kier alpha value is -4.12. The maximum Gasteiger partial charge on any atom is 0.326 e. The van der Waals surface area contributed by atoms with Gasteiger partial charge in [-0.15, -0.1) is 0 Å². The van der Waals surface area contributed by atoms with E-state index in [1.165, 1.54) is 19.1 Å². The van der Waals surface area contributed by atoms with Gasteiger partial charge in [0.2, 0.25) is 29.5 Å². The number of methoxy groups -OCH3 is 2. The molecule has 1 heterocycles. The van der Waals surface area contributed by atoms with Gasteiger partial charge in [0.05, 0.1) is 43.2 Å². The Bertz CT molecular complexity index is 1550. The Morgan fingerprint density at radius 1 is 0.885 bits per heavy atom. The van der Waals surface area contributed by atoms with Crippen molar-refractivity contribution in [2.75, 3.05) is 41.5 Å². The number of nitrogens with two attached hydrogens (primary N) is 1. The number of likely N-dealkylation sites (N-methyl/N-ethyl adjacent to an activating group) is 2. The lowest BCUT2D eigenvalue weighted by atomic mass is 9.89. The molecule has 0 aromatic heterocycles. The highest BCUT2D eigenvalue weighted by Gasteiger charge is 2.43. The number of benzene rings is 1. The first kappa shape index (κ1) is 53.0. The average Bonchev–Trinajstić information content (AvgIpc) is 3.71. The van der Waals surface area contributed by atoms with Gasteiger partial charge in [0, 0.05) is 47.7 Å². The van der Waals surface area contributed by atoms with Crippen molar-refractivity contribution in [1.29, 1.82) is 0 Å². The second-order valence-electron chi connectivity index (χ2n) is 17.3. The van der Waals surface area contributed by atoms with Crippen LogP contribution in [-0.4, -0.2) is 139 Å². The Kier molecular flexibility index (Phi) is 22.9. The van der Waals surface area contributed by atoms with Gasteiger partial charge < -0.3 is 44.8 Å². The van der Waals surface area contributed by atoms with Crippen molar-refractivity contribution in [1.82, 2.24) is 25.3 Å². The Balaban J connectivity index is 2.26. The van der Waals surface area contributed by atoms with E-state index < -0.39 is 66.1 Å². The number of carbonyl (C=O) groups is 6. The third kappa shape index (κ3) is 15.3. The molecule has 0 aliphatic carbocycles. The lowest BCUT2D eigenvalue weighted by Gasteiger charge is -2.41. The highest BCUT2D eigenvalue weighted by Crippen LogP contribution is 2.30. The van der Waals surface area contributed by atoms with Crippen molar-refractivity contribution in [3.63, 3.8) is 0 Å². The summed E-state index contributed by atoms with van der Waals surface area (Å²) in [5, 5.41) is 15.6. The summed E-state index contributed by atoms with van der Waals surface area (Å²) in [4.78, 5) is 90.9. The number of rotatable bonds is 27. The molecule has 0 unspecified atom stereocenters. The molecular weight excluding hydrogens is 785 g/mol. The summed E-state index contributed by atoms with van der Waals surface area (Å²) in [5.74, 6) is 0.865. The van der Waals surface area contributed by atoms with Crippen LogP contribution in [0.1, 0.15) is 105 Å². The van der Waals surface area contributed by atoms with Crippen molar-refractivity contribution in [3.8, 4) is 0 Å². The molecule has 1 fully saturated rings. The first-order valence-electron chi connectivity index (χ1n) is 21.9. The third-order valence-corrected chi connectivity index (χ3v) is 12.2. The van der Waals surface area contributed by atoms with E-state index in [1.54, 1.807) is 43.0 Å². The Morgan fingerprint density at radius 2 is 1.54 bits per heavy atom. The molecular formula is C45H76N6O10.